The van der Waals surface area contributed by atoms with Crippen LogP contribution in [0.3, 0.4) is 0 Å². The van der Waals surface area contributed by atoms with E-state index >= 15 is 0 Å². The first kappa shape index (κ1) is 12.5. The number of halogens is 1. The Bertz CT molecular complexity index is 525. The molecule has 0 atom stereocenters. The van der Waals surface area contributed by atoms with Gasteiger partial charge in [0, 0.05) is 16.3 Å². The number of hydrogen-bond donors (Lipinski definition) is 1. The molecule has 0 radical (unpaired) electrons. The van der Waals surface area contributed by atoms with Crippen molar-refractivity contribution in [3.63, 3.8) is 0 Å². The number of aryl methyl sites for hydroxylation is 1. The van der Waals surface area contributed by atoms with E-state index in [0.29, 0.717) is 6.54 Å². The van der Waals surface area contributed by atoms with Crippen molar-refractivity contribution in [2.24, 2.45) is 5.73 Å². The van der Waals surface area contributed by atoms with Crippen molar-refractivity contribution in [3.8, 4) is 0 Å². The summed E-state index contributed by atoms with van der Waals surface area (Å²) in [7, 11) is 0. The molecule has 0 aliphatic carbocycles. The summed E-state index contributed by atoms with van der Waals surface area (Å²) in [6, 6.07) is 14.2. The molecule has 0 saturated carbocycles. The summed E-state index contributed by atoms with van der Waals surface area (Å²) in [6.07, 6.45) is 0. The summed E-state index contributed by atoms with van der Waals surface area (Å²) in [6.45, 7) is 2.67. The van der Waals surface area contributed by atoms with Gasteiger partial charge in [-0.2, -0.15) is 0 Å². The van der Waals surface area contributed by atoms with Crippen molar-refractivity contribution >= 4 is 23.4 Å². The van der Waals surface area contributed by atoms with Crippen LogP contribution in [0, 0.1) is 6.92 Å². The Morgan fingerprint density at radius 1 is 1.18 bits per heavy atom. The molecular weight excluding hydrogens is 250 g/mol. The number of rotatable bonds is 3. The third kappa shape index (κ3) is 3.03. The Balaban J connectivity index is 2.25. The fourth-order valence-corrected chi connectivity index (χ4v) is 2.80. The first-order valence-electron chi connectivity index (χ1n) is 5.42. The summed E-state index contributed by atoms with van der Waals surface area (Å²) in [5.74, 6) is 0. The molecular formula is C14H14ClNS. The van der Waals surface area contributed by atoms with Crippen LogP contribution in [0.2, 0.25) is 5.02 Å². The number of hydrogen-bond acceptors (Lipinski definition) is 2. The largest absolute Gasteiger partial charge is 0.326 e. The number of benzene rings is 2. The Kier molecular flexibility index (Phi) is 4.11. The second-order valence-electron chi connectivity index (χ2n) is 3.82. The summed E-state index contributed by atoms with van der Waals surface area (Å²) in [5, 5.41) is 0.790. The molecule has 0 heterocycles. The zero-order chi connectivity index (χ0) is 12.3. The van der Waals surface area contributed by atoms with Crippen molar-refractivity contribution < 1.29 is 0 Å². The molecule has 3 heteroatoms. The Morgan fingerprint density at radius 3 is 2.59 bits per heavy atom. The van der Waals surface area contributed by atoms with Crippen LogP contribution in [0.15, 0.2) is 52.3 Å². The maximum Gasteiger partial charge on any atom is 0.0545 e. The predicted octanol–water partition coefficient (Wildman–Crippen LogP) is 4.26. The van der Waals surface area contributed by atoms with Crippen LogP contribution in [0.25, 0.3) is 0 Å². The van der Waals surface area contributed by atoms with Gasteiger partial charge in [0.05, 0.1) is 5.02 Å². The standard InChI is InChI=1S/C14H14ClNS/c1-10-8-12(7-6-11(10)9-16)17-14-5-3-2-4-13(14)15/h2-8H,9,16H2,1H3. The predicted molar refractivity (Wildman–Crippen MR) is 74.6 cm³/mol. The normalized spacial score (nSPS) is 10.5. The van der Waals surface area contributed by atoms with Gasteiger partial charge in [-0.15, -0.1) is 0 Å². The van der Waals surface area contributed by atoms with Crippen LogP contribution in [0.4, 0.5) is 0 Å². The van der Waals surface area contributed by atoms with Gasteiger partial charge >= 0.3 is 0 Å². The molecule has 2 N–H and O–H groups in total. The van der Waals surface area contributed by atoms with E-state index in [9.17, 15) is 0 Å². The van der Waals surface area contributed by atoms with Crippen molar-refractivity contribution in [1.82, 2.24) is 0 Å². The highest BCUT2D eigenvalue weighted by molar-refractivity contribution is 7.99. The molecule has 0 fully saturated rings. The van der Waals surface area contributed by atoms with E-state index in [1.165, 1.54) is 16.0 Å². The minimum Gasteiger partial charge on any atom is -0.326 e. The molecule has 1 nitrogen and oxygen atoms in total. The molecule has 0 unspecified atom stereocenters. The van der Waals surface area contributed by atoms with Crippen LogP contribution in [-0.4, -0.2) is 0 Å². The zero-order valence-corrected chi connectivity index (χ0v) is 11.2. The lowest BCUT2D eigenvalue weighted by Gasteiger charge is -2.07. The lowest BCUT2D eigenvalue weighted by molar-refractivity contribution is 1.04. The highest BCUT2D eigenvalue weighted by Crippen LogP contribution is 2.33. The summed E-state index contributed by atoms with van der Waals surface area (Å²) >= 11 is 7.81. The lowest BCUT2D eigenvalue weighted by atomic mass is 10.1. The molecule has 17 heavy (non-hydrogen) atoms. The van der Waals surface area contributed by atoms with Gasteiger partial charge in [0.15, 0.2) is 0 Å². The third-order valence-electron chi connectivity index (χ3n) is 2.60. The molecule has 88 valence electrons. The summed E-state index contributed by atoms with van der Waals surface area (Å²) < 4.78 is 0. The molecule has 2 aromatic rings. The smallest absolute Gasteiger partial charge is 0.0545 e. The van der Waals surface area contributed by atoms with Crippen LogP contribution in [0.5, 0.6) is 0 Å². The van der Waals surface area contributed by atoms with Gasteiger partial charge in [0.1, 0.15) is 0 Å². The van der Waals surface area contributed by atoms with Crippen LogP contribution in [-0.2, 0) is 6.54 Å². The summed E-state index contributed by atoms with van der Waals surface area (Å²) in [4.78, 5) is 2.27. The van der Waals surface area contributed by atoms with Gasteiger partial charge in [0.2, 0.25) is 0 Å². The molecule has 0 aromatic heterocycles. The Hall–Kier alpha value is -0.960. The lowest BCUT2D eigenvalue weighted by Crippen LogP contribution is -1.98. The molecule has 2 aromatic carbocycles. The van der Waals surface area contributed by atoms with Crippen molar-refractivity contribution in [2.45, 2.75) is 23.3 Å². The van der Waals surface area contributed by atoms with Crippen molar-refractivity contribution in [1.29, 1.82) is 0 Å². The highest BCUT2D eigenvalue weighted by atomic mass is 35.5. The molecule has 0 saturated heterocycles. The fraction of sp³-hybridized carbons (Fsp3) is 0.143. The fourth-order valence-electron chi connectivity index (χ4n) is 1.62. The van der Waals surface area contributed by atoms with Crippen LogP contribution >= 0.6 is 23.4 Å². The van der Waals surface area contributed by atoms with Gasteiger partial charge in [-0.1, -0.05) is 41.6 Å². The first-order chi connectivity index (χ1) is 8.20. The minimum absolute atomic E-state index is 0.586. The van der Waals surface area contributed by atoms with Gasteiger partial charge < -0.3 is 5.73 Å². The molecule has 0 aliphatic heterocycles. The average Bonchev–Trinajstić information content (AvgIpc) is 2.32. The molecule has 0 aliphatic rings. The van der Waals surface area contributed by atoms with E-state index in [2.05, 4.69) is 25.1 Å². The van der Waals surface area contributed by atoms with Crippen LogP contribution < -0.4 is 5.73 Å². The zero-order valence-electron chi connectivity index (χ0n) is 9.61. The second kappa shape index (κ2) is 5.58. The van der Waals surface area contributed by atoms with Crippen molar-refractivity contribution in [3.05, 3.63) is 58.6 Å². The maximum atomic E-state index is 6.13. The molecule has 0 bridgehead atoms. The quantitative estimate of drug-likeness (QED) is 0.896. The number of nitrogens with two attached hydrogens (primary N) is 1. The summed E-state index contributed by atoms with van der Waals surface area (Å²) in [5.41, 5.74) is 8.06. The van der Waals surface area contributed by atoms with E-state index in [1.807, 2.05) is 24.3 Å². The van der Waals surface area contributed by atoms with Gasteiger partial charge in [-0.25, -0.2) is 0 Å². The third-order valence-corrected chi connectivity index (χ3v) is 4.11. The topological polar surface area (TPSA) is 26.0 Å². The molecule has 0 amide bonds. The van der Waals surface area contributed by atoms with E-state index in [-0.39, 0.29) is 0 Å². The highest BCUT2D eigenvalue weighted by Gasteiger charge is 2.03. The van der Waals surface area contributed by atoms with E-state index < -0.39 is 0 Å². The maximum absolute atomic E-state index is 6.13. The molecule has 2 rings (SSSR count). The SMILES string of the molecule is Cc1cc(Sc2ccccc2Cl)ccc1CN. The molecule has 0 spiro atoms. The van der Waals surface area contributed by atoms with Gasteiger partial charge in [0.25, 0.3) is 0 Å². The van der Waals surface area contributed by atoms with E-state index in [4.69, 9.17) is 17.3 Å². The van der Waals surface area contributed by atoms with E-state index in [1.54, 1.807) is 11.8 Å². The monoisotopic (exact) mass is 263 g/mol. The second-order valence-corrected chi connectivity index (χ2v) is 5.35. The van der Waals surface area contributed by atoms with Gasteiger partial charge in [-0.3, -0.25) is 0 Å². The van der Waals surface area contributed by atoms with Crippen molar-refractivity contribution in [2.75, 3.05) is 0 Å². The average molecular weight is 264 g/mol. The first-order valence-corrected chi connectivity index (χ1v) is 6.62. The van der Waals surface area contributed by atoms with Crippen LogP contribution in [0.1, 0.15) is 11.1 Å². The van der Waals surface area contributed by atoms with E-state index in [0.717, 1.165) is 9.92 Å². The Labute approximate surface area is 111 Å². The minimum atomic E-state index is 0.586. The van der Waals surface area contributed by atoms with Gasteiger partial charge in [-0.05, 0) is 42.3 Å². The Morgan fingerprint density at radius 2 is 1.94 bits per heavy atom.